The number of para-hydroxylation sites is 2. The standard InChI is InChI=1S/C38H37N/c1-27-24-34-36(39(30-19-10-7-11-20-30)35-23-15-14-22-32(35)38(34,4)5)26-33(27)37(2,3)31-21-13-12-18-29(31)25-28-16-8-6-9-17-28/h6-24,26H,25H2,1-5H3. The summed E-state index contributed by atoms with van der Waals surface area (Å²) in [5.74, 6) is 0. The molecule has 39 heavy (non-hydrogen) atoms. The average Bonchev–Trinajstić information content (AvgIpc) is 2.95. The summed E-state index contributed by atoms with van der Waals surface area (Å²) < 4.78 is 0. The Morgan fingerprint density at radius 2 is 1.23 bits per heavy atom. The minimum Gasteiger partial charge on any atom is -0.310 e. The highest BCUT2D eigenvalue weighted by Gasteiger charge is 2.39. The van der Waals surface area contributed by atoms with E-state index < -0.39 is 0 Å². The van der Waals surface area contributed by atoms with E-state index >= 15 is 0 Å². The highest BCUT2D eigenvalue weighted by molar-refractivity contribution is 5.86. The molecule has 1 aliphatic heterocycles. The molecule has 1 nitrogen and oxygen atoms in total. The summed E-state index contributed by atoms with van der Waals surface area (Å²) in [7, 11) is 0. The van der Waals surface area contributed by atoms with E-state index in [4.69, 9.17) is 0 Å². The van der Waals surface area contributed by atoms with Gasteiger partial charge in [-0.05, 0) is 76.6 Å². The van der Waals surface area contributed by atoms with Gasteiger partial charge in [0.1, 0.15) is 0 Å². The van der Waals surface area contributed by atoms with Crippen LogP contribution in [-0.4, -0.2) is 0 Å². The molecular formula is C38H37N. The van der Waals surface area contributed by atoms with E-state index in [-0.39, 0.29) is 10.8 Å². The second-order valence-corrected chi connectivity index (χ2v) is 11.9. The van der Waals surface area contributed by atoms with Crippen LogP contribution in [0.1, 0.15) is 66.6 Å². The molecule has 0 amide bonds. The number of rotatable bonds is 5. The summed E-state index contributed by atoms with van der Waals surface area (Å²) in [6.45, 7) is 11.8. The molecule has 0 bridgehead atoms. The summed E-state index contributed by atoms with van der Waals surface area (Å²) in [6.07, 6.45) is 0.932. The number of benzene rings is 5. The lowest BCUT2D eigenvalue weighted by Crippen LogP contribution is -2.32. The van der Waals surface area contributed by atoms with Crippen molar-refractivity contribution in [3.05, 3.63) is 160 Å². The van der Waals surface area contributed by atoms with Crippen LogP contribution >= 0.6 is 0 Å². The maximum atomic E-state index is 2.48. The molecule has 0 aromatic heterocycles. The van der Waals surface area contributed by atoms with Gasteiger partial charge in [-0.15, -0.1) is 0 Å². The Kier molecular flexibility index (Phi) is 6.19. The Balaban J connectivity index is 1.54. The van der Waals surface area contributed by atoms with E-state index in [1.807, 2.05) is 0 Å². The zero-order valence-corrected chi connectivity index (χ0v) is 23.7. The molecule has 5 aromatic rings. The van der Waals surface area contributed by atoms with Gasteiger partial charge in [0.25, 0.3) is 0 Å². The van der Waals surface area contributed by atoms with E-state index in [0.29, 0.717) is 0 Å². The third-order valence-electron chi connectivity index (χ3n) is 8.69. The predicted molar refractivity (Wildman–Crippen MR) is 166 cm³/mol. The third-order valence-corrected chi connectivity index (χ3v) is 8.69. The van der Waals surface area contributed by atoms with Crippen molar-refractivity contribution in [3.63, 3.8) is 0 Å². The fraction of sp³-hybridized carbons (Fsp3) is 0.211. The highest BCUT2D eigenvalue weighted by atomic mass is 15.2. The predicted octanol–water partition coefficient (Wildman–Crippen LogP) is 10.0. The average molecular weight is 508 g/mol. The van der Waals surface area contributed by atoms with Crippen LogP contribution in [0.15, 0.2) is 121 Å². The first-order chi connectivity index (χ1) is 18.8. The van der Waals surface area contributed by atoms with Gasteiger partial charge in [0, 0.05) is 16.5 Å². The van der Waals surface area contributed by atoms with Crippen LogP contribution < -0.4 is 4.90 Å². The van der Waals surface area contributed by atoms with Crippen molar-refractivity contribution in [2.45, 2.75) is 51.9 Å². The van der Waals surface area contributed by atoms with Crippen LogP contribution in [0.25, 0.3) is 0 Å². The van der Waals surface area contributed by atoms with Gasteiger partial charge in [0.2, 0.25) is 0 Å². The van der Waals surface area contributed by atoms with Crippen LogP contribution in [0.2, 0.25) is 0 Å². The lowest BCUT2D eigenvalue weighted by atomic mass is 9.69. The first-order valence-corrected chi connectivity index (χ1v) is 14.0. The van der Waals surface area contributed by atoms with Gasteiger partial charge in [0.15, 0.2) is 0 Å². The summed E-state index contributed by atoms with van der Waals surface area (Å²) >= 11 is 0. The van der Waals surface area contributed by atoms with Crippen molar-refractivity contribution in [1.82, 2.24) is 0 Å². The monoisotopic (exact) mass is 507 g/mol. The van der Waals surface area contributed by atoms with E-state index in [1.54, 1.807) is 0 Å². The van der Waals surface area contributed by atoms with Crippen LogP contribution in [0.5, 0.6) is 0 Å². The minimum absolute atomic E-state index is 0.101. The zero-order valence-electron chi connectivity index (χ0n) is 23.7. The zero-order chi connectivity index (χ0) is 27.2. The van der Waals surface area contributed by atoms with Crippen molar-refractivity contribution < 1.29 is 0 Å². The first-order valence-electron chi connectivity index (χ1n) is 14.0. The molecule has 1 heteroatoms. The molecule has 1 aliphatic rings. The van der Waals surface area contributed by atoms with Crippen molar-refractivity contribution in [2.75, 3.05) is 4.90 Å². The maximum absolute atomic E-state index is 2.48. The molecule has 0 unspecified atom stereocenters. The van der Waals surface area contributed by atoms with Crippen molar-refractivity contribution in [2.24, 2.45) is 0 Å². The van der Waals surface area contributed by atoms with E-state index in [0.717, 1.165) is 6.42 Å². The molecule has 0 fully saturated rings. The van der Waals surface area contributed by atoms with Crippen LogP contribution in [0, 0.1) is 6.92 Å². The first kappa shape index (κ1) is 25.2. The molecule has 0 N–H and O–H groups in total. The van der Waals surface area contributed by atoms with Gasteiger partial charge >= 0.3 is 0 Å². The van der Waals surface area contributed by atoms with E-state index in [2.05, 4.69) is 161 Å². The molecule has 1 heterocycles. The molecule has 0 atom stereocenters. The lowest BCUT2D eigenvalue weighted by molar-refractivity contribution is 0.613. The Morgan fingerprint density at radius 1 is 0.615 bits per heavy atom. The highest BCUT2D eigenvalue weighted by Crippen LogP contribution is 2.53. The number of nitrogens with zero attached hydrogens (tertiary/aromatic N) is 1. The molecule has 0 radical (unpaired) electrons. The summed E-state index contributed by atoms with van der Waals surface area (Å²) in [5.41, 5.74) is 13.0. The molecule has 0 spiro atoms. The van der Waals surface area contributed by atoms with Crippen LogP contribution in [0.4, 0.5) is 17.1 Å². The Morgan fingerprint density at radius 3 is 1.97 bits per heavy atom. The largest absolute Gasteiger partial charge is 0.310 e. The smallest absolute Gasteiger partial charge is 0.0505 e. The Hall–Kier alpha value is -4.10. The molecule has 6 rings (SSSR count). The summed E-state index contributed by atoms with van der Waals surface area (Å²) in [5, 5.41) is 0. The number of hydrogen-bond acceptors (Lipinski definition) is 1. The second kappa shape index (κ2) is 9.58. The van der Waals surface area contributed by atoms with Crippen LogP contribution in [0.3, 0.4) is 0 Å². The number of aryl methyl sites for hydroxylation is 1. The van der Waals surface area contributed by atoms with E-state index in [9.17, 15) is 0 Å². The van der Waals surface area contributed by atoms with Gasteiger partial charge in [-0.2, -0.15) is 0 Å². The fourth-order valence-corrected chi connectivity index (χ4v) is 6.63. The molecule has 0 aliphatic carbocycles. The summed E-state index contributed by atoms with van der Waals surface area (Å²) in [6, 6.07) is 44.4. The third kappa shape index (κ3) is 4.27. The van der Waals surface area contributed by atoms with Crippen molar-refractivity contribution in [1.29, 1.82) is 0 Å². The van der Waals surface area contributed by atoms with E-state index in [1.165, 1.54) is 56.0 Å². The molecular weight excluding hydrogens is 470 g/mol. The lowest BCUT2D eigenvalue weighted by Gasteiger charge is -2.43. The van der Waals surface area contributed by atoms with Gasteiger partial charge in [0.05, 0.1) is 11.4 Å². The number of fused-ring (bicyclic) bond motifs is 2. The van der Waals surface area contributed by atoms with Gasteiger partial charge in [-0.25, -0.2) is 0 Å². The molecule has 0 saturated heterocycles. The number of hydrogen-bond donors (Lipinski definition) is 0. The fourth-order valence-electron chi connectivity index (χ4n) is 6.63. The molecule has 194 valence electrons. The SMILES string of the molecule is Cc1cc2c(cc1C(C)(C)c1ccccc1Cc1ccccc1)N(c1ccccc1)c1ccccc1C2(C)C. The van der Waals surface area contributed by atoms with Crippen LogP contribution in [-0.2, 0) is 17.3 Å². The summed E-state index contributed by atoms with van der Waals surface area (Å²) in [4.78, 5) is 2.46. The van der Waals surface area contributed by atoms with Crippen molar-refractivity contribution >= 4 is 17.1 Å². The normalized spacial score (nSPS) is 14.0. The Bertz CT molecular complexity index is 1630. The number of anilines is 3. The van der Waals surface area contributed by atoms with Crippen molar-refractivity contribution in [3.8, 4) is 0 Å². The van der Waals surface area contributed by atoms with Gasteiger partial charge < -0.3 is 4.90 Å². The minimum atomic E-state index is -0.173. The molecule has 0 saturated carbocycles. The second-order valence-electron chi connectivity index (χ2n) is 11.9. The van der Waals surface area contributed by atoms with Gasteiger partial charge in [-0.1, -0.05) is 125 Å². The quantitative estimate of drug-likeness (QED) is 0.229. The maximum Gasteiger partial charge on any atom is 0.0505 e. The molecule has 5 aromatic carbocycles. The topological polar surface area (TPSA) is 3.24 Å². The Labute approximate surface area is 233 Å². The van der Waals surface area contributed by atoms with Gasteiger partial charge in [-0.3, -0.25) is 0 Å².